The zero-order chi connectivity index (χ0) is 30.4. The van der Waals surface area contributed by atoms with Crippen LogP contribution in [0.3, 0.4) is 0 Å². The van der Waals surface area contributed by atoms with Crippen molar-refractivity contribution in [2.45, 2.75) is 54.8 Å². The molecule has 0 spiro atoms. The molecule has 0 aliphatic rings. The predicted octanol–water partition coefficient (Wildman–Crippen LogP) is 2.61. The van der Waals surface area contributed by atoms with Gasteiger partial charge in [-0.2, -0.15) is 0 Å². The second-order valence-electron chi connectivity index (χ2n) is 9.94. The predicted molar refractivity (Wildman–Crippen MR) is 158 cm³/mol. The van der Waals surface area contributed by atoms with Gasteiger partial charge in [0.05, 0.1) is 29.6 Å². The third kappa shape index (κ3) is 8.85. The quantitative estimate of drug-likeness (QED) is 0.203. The first-order valence-corrected chi connectivity index (χ1v) is 13.0. The van der Waals surface area contributed by atoms with Gasteiger partial charge in [0.2, 0.25) is 0 Å². The molecule has 0 radical (unpaired) electrons. The molecule has 43 heavy (non-hydrogen) atoms. The van der Waals surface area contributed by atoms with Crippen molar-refractivity contribution in [1.29, 1.82) is 0 Å². The van der Waals surface area contributed by atoms with Gasteiger partial charge in [0.1, 0.15) is 24.9 Å². The van der Waals surface area contributed by atoms with E-state index in [-0.39, 0.29) is 41.0 Å². The van der Waals surface area contributed by atoms with Crippen molar-refractivity contribution < 1.29 is 63.9 Å². The molecule has 0 fully saturated rings. The molecule has 0 saturated heterocycles. The number of benzene rings is 2. The van der Waals surface area contributed by atoms with Crippen LogP contribution in [0.4, 0.5) is 0 Å². The van der Waals surface area contributed by atoms with Crippen LogP contribution >= 0.6 is 0 Å². The number of aromatic nitrogens is 4. The molecule has 0 amide bonds. The molecule has 0 aliphatic heterocycles. The fourth-order valence-corrected chi connectivity index (χ4v) is 4.75. The van der Waals surface area contributed by atoms with E-state index in [9.17, 15) is 14.7 Å². The number of esters is 1. The van der Waals surface area contributed by atoms with Crippen LogP contribution in [0, 0.1) is 41.5 Å². The summed E-state index contributed by atoms with van der Waals surface area (Å²) in [5.74, 6) is 0.245. The van der Waals surface area contributed by atoms with Crippen molar-refractivity contribution in [3.05, 3.63) is 80.7 Å². The first-order valence-electron chi connectivity index (χ1n) is 13.0. The number of nitrogens with one attached hydrogen (secondary N) is 2. The molecule has 0 saturated carbocycles. The number of hydrogen-bond acceptors (Lipinski definition) is 8. The molecule has 4 rings (SSSR count). The van der Waals surface area contributed by atoms with Gasteiger partial charge in [-0.15, -0.1) is 0 Å². The van der Waals surface area contributed by atoms with E-state index in [4.69, 9.17) is 14.2 Å². The molecule has 0 aliphatic carbocycles. The van der Waals surface area contributed by atoms with E-state index in [2.05, 4.69) is 19.9 Å². The number of hydrogen-bond donors (Lipinski definition) is 3. The van der Waals surface area contributed by atoms with Gasteiger partial charge in [0, 0.05) is 36.7 Å². The SMILES string of the molecule is COCc1nc(-c2cc(C(=O)O)c(C)cc2C)c(C)[nH]1.COCc1nc(-c2cc(C(=O)OC)c(C)cc2C)c(C)[nH]1.[Na+].[OH-]. The first-order chi connectivity index (χ1) is 19.4. The average Bonchev–Trinajstić information content (AvgIpc) is 3.45. The molecule has 12 heteroatoms. The largest absolute Gasteiger partial charge is 1.00 e. The van der Waals surface area contributed by atoms with E-state index in [1.54, 1.807) is 27.2 Å². The number of methoxy groups -OCH3 is 3. The smallest absolute Gasteiger partial charge is 0.870 e. The van der Waals surface area contributed by atoms with Crippen LogP contribution in [-0.4, -0.2) is 63.8 Å². The number of carbonyl (C=O) groups excluding carboxylic acids is 1. The van der Waals surface area contributed by atoms with E-state index in [0.717, 1.165) is 67.8 Å². The standard InChI is InChI=1S/C16H20N2O3.C15H18N2O3.Na.H2O/c1-9-6-10(2)13(16(19)21-5)7-12(9)15-11(3)17-14(18-15)8-20-4;1-8-5-9(2)12(15(18)19)6-11(8)14-10(3)16-13(17-14)7-20-4;;/h6-7H,8H2,1-5H3,(H,17,18);5-6H,7H2,1-4H3,(H,16,17)(H,18,19);;1H2/q;;+1;/p-1. The molecule has 2 aromatic carbocycles. The van der Waals surface area contributed by atoms with Gasteiger partial charge in [-0.05, 0) is 75.9 Å². The number of nitrogens with zero attached hydrogens (tertiary/aromatic N) is 2. The number of aromatic amines is 2. The Labute approximate surface area is 274 Å². The Morgan fingerprint density at radius 1 is 0.698 bits per heavy atom. The molecular weight excluding hydrogens is 563 g/mol. The topological polar surface area (TPSA) is 169 Å². The minimum atomic E-state index is -0.922. The minimum absolute atomic E-state index is 0. The first kappa shape index (κ1) is 37.7. The Kier molecular flexibility index (Phi) is 14.5. The van der Waals surface area contributed by atoms with Gasteiger partial charge in [0.15, 0.2) is 0 Å². The van der Waals surface area contributed by atoms with Crippen LogP contribution in [0.5, 0.6) is 0 Å². The van der Waals surface area contributed by atoms with Crippen molar-refractivity contribution in [2.24, 2.45) is 0 Å². The van der Waals surface area contributed by atoms with Crippen LogP contribution in [0.25, 0.3) is 22.5 Å². The minimum Gasteiger partial charge on any atom is -0.870 e. The summed E-state index contributed by atoms with van der Waals surface area (Å²) < 4.78 is 15.0. The van der Waals surface area contributed by atoms with Crippen LogP contribution in [-0.2, 0) is 27.4 Å². The summed E-state index contributed by atoms with van der Waals surface area (Å²) >= 11 is 0. The summed E-state index contributed by atoms with van der Waals surface area (Å²) in [6, 6.07) is 7.39. The van der Waals surface area contributed by atoms with Gasteiger partial charge in [0.25, 0.3) is 0 Å². The molecule has 0 atom stereocenters. The summed E-state index contributed by atoms with van der Waals surface area (Å²) in [4.78, 5) is 38.5. The monoisotopic (exact) mass is 602 g/mol. The molecule has 2 heterocycles. The van der Waals surface area contributed by atoms with Gasteiger partial charge in [-0.1, -0.05) is 12.1 Å². The maximum atomic E-state index is 11.9. The number of carboxylic acid groups (broad SMARTS) is 1. The zero-order valence-corrected chi connectivity index (χ0v) is 28.6. The average molecular weight is 603 g/mol. The fraction of sp³-hybridized carbons (Fsp3) is 0.355. The van der Waals surface area contributed by atoms with Crippen molar-refractivity contribution >= 4 is 11.9 Å². The summed E-state index contributed by atoms with van der Waals surface area (Å²) in [6.07, 6.45) is 0. The Morgan fingerprint density at radius 3 is 1.47 bits per heavy atom. The third-order valence-corrected chi connectivity index (χ3v) is 6.72. The van der Waals surface area contributed by atoms with Crippen LogP contribution in [0.1, 0.15) is 66.0 Å². The van der Waals surface area contributed by atoms with Gasteiger partial charge >= 0.3 is 41.5 Å². The summed E-state index contributed by atoms with van der Waals surface area (Å²) in [5.41, 5.74) is 9.82. The number of carboxylic acids is 1. The van der Waals surface area contributed by atoms with E-state index >= 15 is 0 Å². The Hall–Kier alpha value is -3.32. The molecule has 11 nitrogen and oxygen atoms in total. The second-order valence-corrected chi connectivity index (χ2v) is 9.94. The van der Waals surface area contributed by atoms with Gasteiger partial charge < -0.3 is 34.8 Å². The molecular formula is C31H39N4NaO7. The summed E-state index contributed by atoms with van der Waals surface area (Å²) in [7, 11) is 4.62. The number of H-pyrrole nitrogens is 2. The van der Waals surface area contributed by atoms with Gasteiger partial charge in [-0.25, -0.2) is 19.6 Å². The molecule has 0 unspecified atom stereocenters. The number of carbonyl (C=O) groups is 2. The summed E-state index contributed by atoms with van der Waals surface area (Å²) in [6.45, 7) is 12.4. The maximum absolute atomic E-state index is 11.9. The Balaban J connectivity index is 0.000000411. The van der Waals surface area contributed by atoms with E-state index in [1.807, 2.05) is 52.8 Å². The zero-order valence-electron chi connectivity index (χ0n) is 26.6. The Bertz CT molecular complexity index is 1580. The van der Waals surface area contributed by atoms with E-state index < -0.39 is 5.97 Å². The number of aryl methyl sites for hydroxylation is 6. The van der Waals surface area contributed by atoms with Crippen LogP contribution in [0.15, 0.2) is 24.3 Å². The van der Waals surface area contributed by atoms with Crippen LogP contribution < -0.4 is 29.6 Å². The van der Waals surface area contributed by atoms with Crippen molar-refractivity contribution in [1.82, 2.24) is 19.9 Å². The fourth-order valence-electron chi connectivity index (χ4n) is 4.75. The second kappa shape index (κ2) is 16.5. The van der Waals surface area contributed by atoms with E-state index in [0.29, 0.717) is 24.3 Å². The molecule has 4 aromatic rings. The Morgan fingerprint density at radius 2 is 1.09 bits per heavy atom. The number of ether oxygens (including phenoxy) is 3. The van der Waals surface area contributed by atoms with E-state index in [1.165, 1.54) is 7.11 Å². The van der Waals surface area contributed by atoms with Gasteiger partial charge in [-0.3, -0.25) is 0 Å². The molecule has 4 N–H and O–H groups in total. The van der Waals surface area contributed by atoms with Crippen molar-refractivity contribution in [3.63, 3.8) is 0 Å². The third-order valence-electron chi connectivity index (χ3n) is 6.72. The molecule has 226 valence electrons. The molecule has 0 bridgehead atoms. The van der Waals surface area contributed by atoms with Crippen LogP contribution in [0.2, 0.25) is 0 Å². The number of aromatic carboxylic acids is 1. The number of rotatable bonds is 8. The molecule has 2 aromatic heterocycles. The normalized spacial score (nSPS) is 10.3. The number of imidazole rings is 2. The van der Waals surface area contributed by atoms with Crippen molar-refractivity contribution in [2.75, 3.05) is 21.3 Å². The maximum Gasteiger partial charge on any atom is 1.00 e. The van der Waals surface area contributed by atoms with Crippen molar-refractivity contribution in [3.8, 4) is 22.5 Å². The summed E-state index contributed by atoms with van der Waals surface area (Å²) in [5, 5.41) is 9.24.